The van der Waals surface area contributed by atoms with Crippen LogP contribution in [0.3, 0.4) is 0 Å². The second-order valence-corrected chi connectivity index (χ2v) is 17.3. The average molecular weight is 653 g/mol. The largest absolute Gasteiger partial charge is 0.497 e. The third-order valence-electron chi connectivity index (χ3n) is 8.20. The van der Waals surface area contributed by atoms with Gasteiger partial charge >= 0.3 is 5.69 Å². The maximum atomic E-state index is 16.4. The molecular formula is C31H41FN8O5Si. The van der Waals surface area contributed by atoms with Crippen LogP contribution in [-0.4, -0.2) is 79.0 Å². The molecule has 0 aliphatic carbocycles. The minimum Gasteiger partial charge on any atom is -0.497 e. The van der Waals surface area contributed by atoms with Crippen LogP contribution in [0.4, 0.5) is 10.1 Å². The Bertz CT molecular complexity index is 1740. The van der Waals surface area contributed by atoms with Gasteiger partial charge in [-0.3, -0.25) is 9.98 Å². The molecule has 1 atom stereocenters. The standard InChI is InChI=1S/C31H41FN8O5Si/c1-19-35-28(39-45-19)20-8-10-21(11-9-20)36-27(29-37-30(41)40(38-29)25-18-33-12-13-34-25)23-16-22(42-5)17-24(26(23)32)43-14-15-44-46(6,7)31(2,3)4/h8-11,16-17,27,33,36H,12-15,18H2,1-7H3,(H,37,38,41). The van der Waals surface area contributed by atoms with Gasteiger partial charge in [0.1, 0.15) is 24.2 Å². The Kier molecular flexibility index (Phi) is 9.74. The molecule has 3 N–H and O–H groups in total. The van der Waals surface area contributed by atoms with Gasteiger partial charge in [-0.25, -0.2) is 9.18 Å². The SMILES string of the molecule is COc1cc(OCCO[Si](C)(C)C(C)(C)C)c(F)c(C(Nc2ccc(-c3noc(C)n3)cc2)c2nn(C3=NCCNC3)c(=O)[nH]2)c1. The lowest BCUT2D eigenvalue weighted by molar-refractivity contribution is 0.198. The lowest BCUT2D eigenvalue weighted by atomic mass is 10.0. The number of H-pyrrole nitrogens is 1. The summed E-state index contributed by atoms with van der Waals surface area (Å²) in [5, 5.41) is 15.1. The topological polar surface area (TPSA) is 154 Å². The lowest BCUT2D eigenvalue weighted by Gasteiger charge is -2.36. The van der Waals surface area contributed by atoms with Crippen molar-refractivity contribution in [3.63, 3.8) is 0 Å². The second-order valence-electron chi connectivity index (χ2n) is 12.5. The molecule has 0 fully saturated rings. The molecule has 4 aromatic rings. The van der Waals surface area contributed by atoms with Gasteiger partial charge in [-0.2, -0.15) is 9.67 Å². The van der Waals surface area contributed by atoms with E-state index in [1.165, 1.54) is 17.9 Å². The third kappa shape index (κ3) is 7.37. The van der Waals surface area contributed by atoms with Crippen LogP contribution >= 0.6 is 0 Å². The Morgan fingerprint density at radius 1 is 1.17 bits per heavy atom. The monoisotopic (exact) mass is 652 g/mol. The number of aryl methyl sites for hydroxylation is 1. The molecule has 13 nitrogen and oxygen atoms in total. The van der Waals surface area contributed by atoms with Crippen LogP contribution in [0.1, 0.15) is 44.1 Å². The predicted octanol–water partition coefficient (Wildman–Crippen LogP) is 4.53. The van der Waals surface area contributed by atoms with E-state index in [1.54, 1.807) is 25.1 Å². The number of methoxy groups -OCH3 is 1. The molecule has 1 aliphatic heterocycles. The zero-order valence-electron chi connectivity index (χ0n) is 27.2. The van der Waals surface area contributed by atoms with Gasteiger partial charge in [0.2, 0.25) is 11.7 Å². The quantitative estimate of drug-likeness (QED) is 0.156. The molecule has 0 saturated heterocycles. The summed E-state index contributed by atoms with van der Waals surface area (Å²) in [5.41, 5.74) is 1.02. The van der Waals surface area contributed by atoms with E-state index in [0.29, 0.717) is 55.2 Å². The summed E-state index contributed by atoms with van der Waals surface area (Å²) in [4.78, 5) is 24.6. The van der Waals surface area contributed by atoms with Crippen LogP contribution in [0.15, 0.2) is 50.7 Å². The molecule has 2 aromatic carbocycles. The first-order valence-electron chi connectivity index (χ1n) is 15.1. The number of aromatic amines is 1. The molecule has 5 rings (SSSR count). The summed E-state index contributed by atoms with van der Waals surface area (Å²) in [7, 11) is -0.520. The first-order valence-corrected chi connectivity index (χ1v) is 18.0. The average Bonchev–Trinajstić information content (AvgIpc) is 3.64. The Labute approximate surface area is 267 Å². The highest BCUT2D eigenvalue weighted by Gasteiger charge is 2.37. The first-order chi connectivity index (χ1) is 21.9. The van der Waals surface area contributed by atoms with Crippen LogP contribution in [0.5, 0.6) is 11.5 Å². The molecule has 2 aromatic heterocycles. The number of aliphatic imine (C=N–C) groups is 1. The summed E-state index contributed by atoms with van der Waals surface area (Å²) in [6.45, 7) is 14.5. The van der Waals surface area contributed by atoms with Crippen LogP contribution in [-0.2, 0) is 4.43 Å². The van der Waals surface area contributed by atoms with Gasteiger partial charge in [0.05, 0.1) is 26.8 Å². The molecule has 3 heterocycles. The summed E-state index contributed by atoms with van der Waals surface area (Å²) < 4.78 is 40.4. The number of hydrogen-bond donors (Lipinski definition) is 3. The minimum absolute atomic E-state index is 0.00885. The van der Waals surface area contributed by atoms with Crippen molar-refractivity contribution in [2.45, 2.75) is 51.9 Å². The van der Waals surface area contributed by atoms with Crippen LogP contribution in [0.2, 0.25) is 18.1 Å². The maximum Gasteiger partial charge on any atom is 0.349 e. The number of ether oxygens (including phenoxy) is 2. The Hall–Kier alpha value is -4.34. The second kappa shape index (κ2) is 13.6. The number of anilines is 1. The summed E-state index contributed by atoms with van der Waals surface area (Å²) >= 11 is 0. The molecule has 0 amide bonds. The van der Waals surface area contributed by atoms with E-state index in [9.17, 15) is 4.79 Å². The van der Waals surface area contributed by atoms with Crippen LogP contribution in [0.25, 0.3) is 11.4 Å². The van der Waals surface area contributed by atoms with Crippen molar-refractivity contribution in [1.29, 1.82) is 0 Å². The number of halogens is 1. The fourth-order valence-corrected chi connectivity index (χ4v) is 5.62. The Morgan fingerprint density at radius 2 is 1.93 bits per heavy atom. The van der Waals surface area contributed by atoms with Crippen LogP contribution < -0.4 is 25.8 Å². The number of rotatable bonds is 11. The van der Waals surface area contributed by atoms with Crippen LogP contribution in [0, 0.1) is 12.7 Å². The van der Waals surface area contributed by atoms with E-state index in [1.807, 2.05) is 12.1 Å². The normalized spacial score (nSPS) is 14.6. The van der Waals surface area contributed by atoms with E-state index >= 15 is 4.39 Å². The number of aromatic nitrogens is 5. The Balaban J connectivity index is 1.48. The lowest BCUT2D eigenvalue weighted by Crippen LogP contribution is -2.41. The molecule has 0 radical (unpaired) electrons. The zero-order valence-corrected chi connectivity index (χ0v) is 28.2. The summed E-state index contributed by atoms with van der Waals surface area (Å²) in [6.07, 6.45) is 0. The highest BCUT2D eigenvalue weighted by Crippen LogP contribution is 2.37. The van der Waals surface area contributed by atoms with Crippen molar-refractivity contribution in [1.82, 2.24) is 30.2 Å². The van der Waals surface area contributed by atoms with Gasteiger partial charge in [0, 0.05) is 36.3 Å². The number of hydrogen-bond acceptors (Lipinski definition) is 11. The Morgan fingerprint density at radius 3 is 2.57 bits per heavy atom. The molecular weight excluding hydrogens is 611 g/mol. The van der Waals surface area contributed by atoms with Gasteiger partial charge in [-0.05, 0) is 48.5 Å². The highest BCUT2D eigenvalue weighted by atomic mass is 28.4. The van der Waals surface area contributed by atoms with Crippen molar-refractivity contribution >= 4 is 19.8 Å². The van der Waals surface area contributed by atoms with Crippen molar-refractivity contribution in [3.05, 3.63) is 70.0 Å². The zero-order chi connectivity index (χ0) is 33.1. The van der Waals surface area contributed by atoms with Gasteiger partial charge < -0.3 is 29.1 Å². The molecule has 246 valence electrons. The smallest absolute Gasteiger partial charge is 0.349 e. The van der Waals surface area contributed by atoms with Gasteiger partial charge in [-0.1, -0.05) is 25.9 Å². The fourth-order valence-electron chi connectivity index (χ4n) is 4.59. The predicted molar refractivity (Wildman–Crippen MR) is 175 cm³/mol. The summed E-state index contributed by atoms with van der Waals surface area (Å²) in [6, 6.07) is 9.31. The molecule has 1 aliphatic rings. The molecule has 0 bridgehead atoms. The van der Waals surface area contributed by atoms with Crippen molar-refractivity contribution < 1.29 is 22.8 Å². The van der Waals surface area contributed by atoms with E-state index in [0.717, 1.165) is 5.56 Å². The number of nitrogens with one attached hydrogen (secondary N) is 3. The number of benzene rings is 2. The van der Waals surface area contributed by atoms with Crippen molar-refractivity contribution in [3.8, 4) is 22.9 Å². The molecule has 46 heavy (non-hydrogen) atoms. The fraction of sp³-hybridized carbons (Fsp3) is 0.452. The minimum atomic E-state index is -2.01. The van der Waals surface area contributed by atoms with E-state index in [-0.39, 0.29) is 28.8 Å². The molecule has 15 heteroatoms. The number of nitrogens with zero attached hydrogens (tertiary/aromatic N) is 5. The van der Waals surface area contributed by atoms with Gasteiger partial charge in [0.15, 0.2) is 25.7 Å². The molecule has 1 unspecified atom stereocenters. The van der Waals surface area contributed by atoms with E-state index < -0.39 is 25.9 Å². The first kappa shape index (κ1) is 33.0. The van der Waals surface area contributed by atoms with Gasteiger partial charge in [-0.15, -0.1) is 5.10 Å². The molecule has 0 saturated carbocycles. The van der Waals surface area contributed by atoms with Crippen molar-refractivity contribution in [2.24, 2.45) is 4.99 Å². The van der Waals surface area contributed by atoms with E-state index in [2.05, 4.69) is 69.7 Å². The maximum absolute atomic E-state index is 16.4. The molecule has 0 spiro atoms. The third-order valence-corrected chi connectivity index (χ3v) is 12.7. The van der Waals surface area contributed by atoms with E-state index in [4.69, 9.17) is 18.4 Å². The summed E-state index contributed by atoms with van der Waals surface area (Å²) in [5.74, 6) is 1.27. The highest BCUT2D eigenvalue weighted by molar-refractivity contribution is 6.74. The van der Waals surface area contributed by atoms with Gasteiger partial charge in [0.25, 0.3) is 0 Å². The van der Waals surface area contributed by atoms with Crippen molar-refractivity contribution in [2.75, 3.05) is 45.3 Å².